The first kappa shape index (κ1) is 13.8. The lowest BCUT2D eigenvalue weighted by Crippen LogP contribution is -2.47. The summed E-state index contributed by atoms with van der Waals surface area (Å²) in [6.07, 6.45) is 4.38. The number of carbonyl (C=O) groups is 1. The molecule has 18 heavy (non-hydrogen) atoms. The maximum atomic E-state index is 12.3. The highest BCUT2D eigenvalue weighted by atomic mass is 16.5. The number of methoxy groups -OCH3 is 1. The predicted octanol–water partition coefficient (Wildman–Crippen LogP) is 1.26. The molecule has 0 bridgehead atoms. The van der Waals surface area contributed by atoms with Crippen LogP contribution in [0.4, 0.5) is 0 Å². The van der Waals surface area contributed by atoms with Crippen LogP contribution in [0.25, 0.3) is 0 Å². The molecule has 2 aliphatic rings. The normalized spacial score (nSPS) is 33.4. The van der Waals surface area contributed by atoms with Crippen molar-refractivity contribution in [2.45, 2.75) is 38.7 Å². The fourth-order valence-corrected chi connectivity index (χ4v) is 3.04. The Kier molecular flexibility index (Phi) is 5.01. The molecule has 0 aliphatic carbocycles. The molecule has 104 valence electrons. The molecule has 0 saturated carbocycles. The average Bonchev–Trinajstić information content (AvgIpc) is 2.40. The lowest BCUT2D eigenvalue weighted by atomic mass is 9.93. The number of piperidine rings is 2. The van der Waals surface area contributed by atoms with Crippen LogP contribution in [0.2, 0.25) is 0 Å². The molecule has 4 nitrogen and oxygen atoms in total. The summed E-state index contributed by atoms with van der Waals surface area (Å²) in [5, 5.41) is 3.37. The third kappa shape index (κ3) is 3.45. The van der Waals surface area contributed by atoms with E-state index >= 15 is 0 Å². The van der Waals surface area contributed by atoms with Gasteiger partial charge in [-0.15, -0.1) is 0 Å². The van der Waals surface area contributed by atoms with Gasteiger partial charge in [-0.3, -0.25) is 4.79 Å². The fraction of sp³-hybridized carbons (Fsp3) is 0.929. The summed E-state index contributed by atoms with van der Waals surface area (Å²) in [6, 6.07) is 0. The smallest absolute Gasteiger partial charge is 0.222 e. The van der Waals surface area contributed by atoms with E-state index in [1.807, 2.05) is 4.90 Å². The third-order valence-electron chi connectivity index (χ3n) is 4.41. The van der Waals surface area contributed by atoms with E-state index in [1.165, 1.54) is 12.8 Å². The molecule has 2 rings (SSSR count). The average molecular weight is 254 g/mol. The van der Waals surface area contributed by atoms with Gasteiger partial charge in [0, 0.05) is 26.6 Å². The first-order chi connectivity index (χ1) is 8.70. The minimum absolute atomic E-state index is 0.215. The number of hydrogen-bond acceptors (Lipinski definition) is 3. The standard InChI is InChI=1S/C14H26N2O2/c1-11-5-7-16(10-13(11)18-2)14(17)8-12-4-3-6-15-9-12/h11-13,15H,3-10H2,1-2H3. The predicted molar refractivity (Wildman–Crippen MR) is 71.4 cm³/mol. The first-order valence-electron chi connectivity index (χ1n) is 7.22. The maximum Gasteiger partial charge on any atom is 0.222 e. The molecule has 1 N–H and O–H groups in total. The Balaban J connectivity index is 1.81. The first-order valence-corrected chi connectivity index (χ1v) is 7.22. The third-order valence-corrected chi connectivity index (χ3v) is 4.41. The van der Waals surface area contributed by atoms with Crippen molar-refractivity contribution in [1.29, 1.82) is 0 Å². The zero-order valence-electron chi connectivity index (χ0n) is 11.7. The number of carbonyl (C=O) groups excluding carboxylic acids is 1. The van der Waals surface area contributed by atoms with E-state index in [1.54, 1.807) is 7.11 Å². The monoisotopic (exact) mass is 254 g/mol. The van der Waals surface area contributed by atoms with Crippen LogP contribution in [0.5, 0.6) is 0 Å². The summed E-state index contributed by atoms with van der Waals surface area (Å²) in [5.41, 5.74) is 0. The van der Waals surface area contributed by atoms with Crippen molar-refractivity contribution in [3.05, 3.63) is 0 Å². The van der Waals surface area contributed by atoms with Gasteiger partial charge in [0.2, 0.25) is 5.91 Å². The van der Waals surface area contributed by atoms with Crippen LogP contribution in [0.1, 0.15) is 32.6 Å². The Hall–Kier alpha value is -0.610. The SMILES string of the molecule is COC1CN(C(=O)CC2CCCNC2)CCC1C. The van der Waals surface area contributed by atoms with Gasteiger partial charge in [-0.05, 0) is 44.2 Å². The fourth-order valence-electron chi connectivity index (χ4n) is 3.04. The topological polar surface area (TPSA) is 41.6 Å². The zero-order chi connectivity index (χ0) is 13.0. The Morgan fingerprint density at radius 1 is 1.44 bits per heavy atom. The summed E-state index contributed by atoms with van der Waals surface area (Å²) in [6.45, 7) is 6.00. The molecule has 0 aromatic carbocycles. The molecule has 2 heterocycles. The van der Waals surface area contributed by atoms with Crippen molar-refractivity contribution in [3.63, 3.8) is 0 Å². The van der Waals surface area contributed by atoms with E-state index in [9.17, 15) is 4.79 Å². The minimum Gasteiger partial charge on any atom is -0.379 e. The van der Waals surface area contributed by atoms with Crippen LogP contribution in [0, 0.1) is 11.8 Å². The molecule has 2 aliphatic heterocycles. The van der Waals surface area contributed by atoms with Crippen molar-refractivity contribution in [2.24, 2.45) is 11.8 Å². The van der Waals surface area contributed by atoms with Crippen LogP contribution < -0.4 is 5.32 Å². The molecule has 3 atom stereocenters. The minimum atomic E-state index is 0.215. The highest BCUT2D eigenvalue weighted by Crippen LogP contribution is 2.22. The number of amides is 1. The molecule has 3 unspecified atom stereocenters. The van der Waals surface area contributed by atoms with E-state index in [2.05, 4.69) is 12.2 Å². The lowest BCUT2D eigenvalue weighted by Gasteiger charge is -2.37. The summed E-state index contributed by atoms with van der Waals surface area (Å²) in [7, 11) is 1.75. The molecule has 4 heteroatoms. The van der Waals surface area contributed by atoms with E-state index in [-0.39, 0.29) is 6.10 Å². The molecule has 0 aromatic heterocycles. The van der Waals surface area contributed by atoms with Crippen molar-refractivity contribution in [1.82, 2.24) is 10.2 Å². The molecule has 2 saturated heterocycles. The van der Waals surface area contributed by atoms with Crippen LogP contribution >= 0.6 is 0 Å². The number of ether oxygens (including phenoxy) is 1. The Labute approximate surface area is 110 Å². The van der Waals surface area contributed by atoms with Gasteiger partial charge in [0.25, 0.3) is 0 Å². The van der Waals surface area contributed by atoms with Crippen molar-refractivity contribution < 1.29 is 9.53 Å². The maximum absolute atomic E-state index is 12.3. The van der Waals surface area contributed by atoms with Gasteiger partial charge in [0.05, 0.1) is 6.10 Å². The van der Waals surface area contributed by atoms with Gasteiger partial charge in [0.1, 0.15) is 0 Å². The van der Waals surface area contributed by atoms with Crippen molar-refractivity contribution in [3.8, 4) is 0 Å². The molecule has 0 radical (unpaired) electrons. The number of nitrogens with one attached hydrogen (secondary N) is 1. The van der Waals surface area contributed by atoms with Crippen LogP contribution in [0.15, 0.2) is 0 Å². The van der Waals surface area contributed by atoms with Crippen LogP contribution in [-0.4, -0.2) is 50.2 Å². The summed E-state index contributed by atoms with van der Waals surface area (Å²) < 4.78 is 5.47. The van der Waals surface area contributed by atoms with Gasteiger partial charge in [-0.2, -0.15) is 0 Å². The summed E-state index contributed by atoms with van der Waals surface area (Å²) in [5.74, 6) is 1.42. The van der Waals surface area contributed by atoms with E-state index in [0.717, 1.165) is 32.6 Å². The van der Waals surface area contributed by atoms with Gasteiger partial charge < -0.3 is 15.0 Å². The largest absolute Gasteiger partial charge is 0.379 e. The van der Waals surface area contributed by atoms with E-state index < -0.39 is 0 Å². The molecular weight excluding hydrogens is 228 g/mol. The molecule has 0 spiro atoms. The molecule has 0 aromatic rings. The number of likely N-dealkylation sites (tertiary alicyclic amines) is 1. The molecular formula is C14H26N2O2. The van der Waals surface area contributed by atoms with Crippen LogP contribution in [-0.2, 0) is 9.53 Å². The number of nitrogens with zero attached hydrogens (tertiary/aromatic N) is 1. The second-order valence-electron chi connectivity index (χ2n) is 5.80. The second kappa shape index (κ2) is 6.53. The Bertz CT molecular complexity index is 277. The van der Waals surface area contributed by atoms with E-state index in [4.69, 9.17) is 4.74 Å². The molecule has 1 amide bonds. The number of hydrogen-bond donors (Lipinski definition) is 1. The lowest BCUT2D eigenvalue weighted by molar-refractivity contribution is -0.137. The quantitative estimate of drug-likeness (QED) is 0.824. The highest BCUT2D eigenvalue weighted by Gasteiger charge is 2.29. The van der Waals surface area contributed by atoms with Gasteiger partial charge >= 0.3 is 0 Å². The highest BCUT2D eigenvalue weighted by molar-refractivity contribution is 5.76. The zero-order valence-corrected chi connectivity index (χ0v) is 11.7. The van der Waals surface area contributed by atoms with Gasteiger partial charge in [0.15, 0.2) is 0 Å². The Morgan fingerprint density at radius 3 is 2.94 bits per heavy atom. The summed E-state index contributed by atoms with van der Waals surface area (Å²) in [4.78, 5) is 14.3. The van der Waals surface area contributed by atoms with E-state index in [0.29, 0.717) is 24.2 Å². The molecule has 2 fully saturated rings. The van der Waals surface area contributed by atoms with Gasteiger partial charge in [-0.1, -0.05) is 6.92 Å². The number of rotatable bonds is 3. The summed E-state index contributed by atoms with van der Waals surface area (Å²) >= 11 is 0. The van der Waals surface area contributed by atoms with Crippen molar-refractivity contribution >= 4 is 5.91 Å². The second-order valence-corrected chi connectivity index (χ2v) is 5.80. The van der Waals surface area contributed by atoms with Crippen LogP contribution in [0.3, 0.4) is 0 Å². The Morgan fingerprint density at radius 2 is 2.28 bits per heavy atom. The van der Waals surface area contributed by atoms with Gasteiger partial charge in [-0.25, -0.2) is 0 Å². The van der Waals surface area contributed by atoms with Crippen molar-refractivity contribution in [2.75, 3.05) is 33.3 Å².